The molecule has 5 heteroatoms. The molecule has 0 bridgehead atoms. The molecule has 1 aromatic carbocycles. The van der Waals surface area contributed by atoms with Crippen molar-refractivity contribution < 1.29 is 9.47 Å². The lowest BCUT2D eigenvalue weighted by molar-refractivity contribution is 0.211. The van der Waals surface area contributed by atoms with Crippen LogP contribution < -0.4 is 14.8 Å². The van der Waals surface area contributed by atoms with E-state index in [-0.39, 0.29) is 5.92 Å². The standard InChI is InChI=1S/C16H21N3O2/c1-12(2)16-18-14(17-3)11-15(19-16)21-10-9-20-13-7-5-4-6-8-13/h4-8,11-12H,9-10H2,1-3H3,(H,17,18,19). The number of nitrogens with one attached hydrogen (secondary N) is 1. The Morgan fingerprint density at radius 2 is 1.76 bits per heavy atom. The number of hydrogen-bond donors (Lipinski definition) is 1. The van der Waals surface area contributed by atoms with Crippen molar-refractivity contribution in [3.8, 4) is 11.6 Å². The van der Waals surface area contributed by atoms with Gasteiger partial charge in [-0.25, -0.2) is 4.98 Å². The zero-order chi connectivity index (χ0) is 15.1. The van der Waals surface area contributed by atoms with Gasteiger partial charge in [0.2, 0.25) is 5.88 Å². The maximum absolute atomic E-state index is 5.64. The normalized spacial score (nSPS) is 10.5. The molecular formula is C16H21N3O2. The molecule has 1 aromatic heterocycles. The summed E-state index contributed by atoms with van der Waals surface area (Å²) in [5.41, 5.74) is 0. The highest BCUT2D eigenvalue weighted by Crippen LogP contribution is 2.18. The van der Waals surface area contributed by atoms with Gasteiger partial charge in [0.15, 0.2) is 0 Å². The van der Waals surface area contributed by atoms with Gasteiger partial charge in [0.05, 0.1) is 0 Å². The van der Waals surface area contributed by atoms with Crippen LogP contribution in [-0.2, 0) is 0 Å². The molecule has 2 aromatic rings. The summed E-state index contributed by atoms with van der Waals surface area (Å²) in [6.45, 7) is 5.01. The van der Waals surface area contributed by atoms with Crippen LogP contribution in [0.25, 0.3) is 0 Å². The lowest BCUT2D eigenvalue weighted by atomic mass is 10.2. The molecule has 0 aliphatic carbocycles. The molecule has 5 nitrogen and oxygen atoms in total. The van der Waals surface area contributed by atoms with Crippen LogP contribution in [0.2, 0.25) is 0 Å². The fraction of sp³-hybridized carbons (Fsp3) is 0.375. The predicted molar refractivity (Wildman–Crippen MR) is 83.1 cm³/mol. The van der Waals surface area contributed by atoms with Crippen molar-refractivity contribution in [2.24, 2.45) is 0 Å². The minimum atomic E-state index is 0.251. The smallest absolute Gasteiger partial charge is 0.218 e. The number of benzene rings is 1. The van der Waals surface area contributed by atoms with E-state index in [1.165, 1.54) is 0 Å². The predicted octanol–water partition coefficient (Wildman–Crippen LogP) is 3.10. The van der Waals surface area contributed by atoms with Gasteiger partial charge >= 0.3 is 0 Å². The second kappa shape index (κ2) is 7.47. The topological polar surface area (TPSA) is 56.3 Å². The van der Waals surface area contributed by atoms with E-state index in [1.54, 1.807) is 6.07 Å². The fourth-order valence-corrected chi connectivity index (χ4v) is 1.73. The lowest BCUT2D eigenvalue weighted by Gasteiger charge is -2.11. The number of aromatic nitrogens is 2. The van der Waals surface area contributed by atoms with Gasteiger partial charge in [-0.3, -0.25) is 0 Å². The van der Waals surface area contributed by atoms with E-state index >= 15 is 0 Å². The first-order valence-corrected chi connectivity index (χ1v) is 7.06. The van der Waals surface area contributed by atoms with Gasteiger partial charge in [-0.1, -0.05) is 32.0 Å². The first-order valence-electron chi connectivity index (χ1n) is 7.06. The van der Waals surface area contributed by atoms with Gasteiger partial charge in [0, 0.05) is 19.0 Å². The summed E-state index contributed by atoms with van der Waals surface area (Å²) >= 11 is 0. The van der Waals surface area contributed by atoms with Crippen LogP contribution in [0.1, 0.15) is 25.6 Å². The minimum absolute atomic E-state index is 0.251. The van der Waals surface area contributed by atoms with Gasteiger partial charge in [0.1, 0.15) is 30.6 Å². The molecule has 0 saturated carbocycles. The van der Waals surface area contributed by atoms with Gasteiger partial charge in [-0.2, -0.15) is 4.98 Å². The average molecular weight is 287 g/mol. The third-order valence-electron chi connectivity index (χ3n) is 2.84. The Bertz CT molecular complexity index is 559. The number of hydrogen-bond acceptors (Lipinski definition) is 5. The van der Waals surface area contributed by atoms with Crippen LogP contribution >= 0.6 is 0 Å². The number of anilines is 1. The first kappa shape index (κ1) is 15.1. The lowest BCUT2D eigenvalue weighted by Crippen LogP contribution is -2.11. The van der Waals surface area contributed by atoms with Crippen LogP contribution in [0.5, 0.6) is 11.6 Å². The Balaban J connectivity index is 1.89. The third-order valence-corrected chi connectivity index (χ3v) is 2.84. The van der Waals surface area contributed by atoms with Gasteiger partial charge in [0.25, 0.3) is 0 Å². The van der Waals surface area contributed by atoms with Crippen LogP contribution in [-0.4, -0.2) is 30.2 Å². The first-order chi connectivity index (χ1) is 10.2. The molecular weight excluding hydrogens is 266 g/mol. The zero-order valence-corrected chi connectivity index (χ0v) is 12.7. The van der Waals surface area contributed by atoms with Crippen molar-refractivity contribution in [2.75, 3.05) is 25.6 Å². The van der Waals surface area contributed by atoms with Gasteiger partial charge in [-0.15, -0.1) is 0 Å². The van der Waals surface area contributed by atoms with Crippen LogP contribution in [0.3, 0.4) is 0 Å². The molecule has 2 rings (SSSR count). The summed E-state index contributed by atoms with van der Waals surface area (Å²) in [6.07, 6.45) is 0. The Kier molecular flexibility index (Phi) is 5.37. The van der Waals surface area contributed by atoms with Crippen molar-refractivity contribution in [3.05, 3.63) is 42.2 Å². The van der Waals surface area contributed by atoms with E-state index in [4.69, 9.17) is 9.47 Å². The molecule has 112 valence electrons. The highest BCUT2D eigenvalue weighted by Gasteiger charge is 2.08. The van der Waals surface area contributed by atoms with E-state index in [0.29, 0.717) is 19.1 Å². The Labute approximate surface area is 125 Å². The second-order valence-corrected chi connectivity index (χ2v) is 4.86. The zero-order valence-electron chi connectivity index (χ0n) is 12.7. The molecule has 0 amide bonds. The second-order valence-electron chi connectivity index (χ2n) is 4.86. The number of ether oxygens (including phenoxy) is 2. The molecule has 0 aliphatic rings. The van der Waals surface area contributed by atoms with E-state index < -0.39 is 0 Å². The fourth-order valence-electron chi connectivity index (χ4n) is 1.73. The summed E-state index contributed by atoms with van der Waals surface area (Å²) in [5, 5.41) is 3.02. The average Bonchev–Trinajstić information content (AvgIpc) is 2.52. The van der Waals surface area contributed by atoms with Crippen molar-refractivity contribution in [1.82, 2.24) is 9.97 Å². The molecule has 0 saturated heterocycles. The van der Waals surface area contributed by atoms with Gasteiger partial charge in [-0.05, 0) is 12.1 Å². The molecule has 0 fully saturated rings. The Morgan fingerprint density at radius 3 is 2.43 bits per heavy atom. The van der Waals surface area contributed by atoms with Crippen LogP contribution in [0, 0.1) is 0 Å². The molecule has 0 spiro atoms. The molecule has 0 unspecified atom stereocenters. The number of rotatable bonds is 7. The van der Waals surface area contributed by atoms with Crippen molar-refractivity contribution in [1.29, 1.82) is 0 Å². The van der Waals surface area contributed by atoms with E-state index in [2.05, 4.69) is 29.1 Å². The molecule has 1 N–H and O–H groups in total. The van der Waals surface area contributed by atoms with E-state index in [0.717, 1.165) is 17.4 Å². The van der Waals surface area contributed by atoms with Crippen molar-refractivity contribution in [3.63, 3.8) is 0 Å². The molecule has 1 heterocycles. The van der Waals surface area contributed by atoms with Crippen LogP contribution in [0.15, 0.2) is 36.4 Å². The number of para-hydroxylation sites is 1. The highest BCUT2D eigenvalue weighted by atomic mass is 16.5. The van der Waals surface area contributed by atoms with Crippen molar-refractivity contribution >= 4 is 5.82 Å². The molecule has 0 radical (unpaired) electrons. The van der Waals surface area contributed by atoms with Crippen LogP contribution in [0.4, 0.5) is 5.82 Å². The summed E-state index contributed by atoms with van der Waals surface area (Å²) in [4.78, 5) is 8.79. The monoisotopic (exact) mass is 287 g/mol. The Hall–Kier alpha value is -2.30. The highest BCUT2D eigenvalue weighted by molar-refractivity contribution is 5.38. The summed E-state index contributed by atoms with van der Waals surface area (Å²) in [6, 6.07) is 11.5. The summed E-state index contributed by atoms with van der Waals surface area (Å²) in [5.74, 6) is 3.17. The third kappa shape index (κ3) is 4.63. The maximum Gasteiger partial charge on any atom is 0.218 e. The SMILES string of the molecule is CNc1cc(OCCOc2ccccc2)nc(C(C)C)n1. The summed E-state index contributed by atoms with van der Waals surface area (Å²) < 4.78 is 11.2. The quantitative estimate of drug-likeness (QED) is 0.793. The maximum atomic E-state index is 5.64. The molecule has 21 heavy (non-hydrogen) atoms. The van der Waals surface area contributed by atoms with E-state index in [9.17, 15) is 0 Å². The summed E-state index contributed by atoms with van der Waals surface area (Å²) in [7, 11) is 1.83. The molecule has 0 atom stereocenters. The Morgan fingerprint density at radius 1 is 1.05 bits per heavy atom. The van der Waals surface area contributed by atoms with E-state index in [1.807, 2.05) is 37.4 Å². The van der Waals surface area contributed by atoms with Gasteiger partial charge < -0.3 is 14.8 Å². The molecule has 0 aliphatic heterocycles. The largest absolute Gasteiger partial charge is 0.490 e. The van der Waals surface area contributed by atoms with Crippen molar-refractivity contribution in [2.45, 2.75) is 19.8 Å². The minimum Gasteiger partial charge on any atom is -0.490 e. The number of nitrogens with zero attached hydrogens (tertiary/aromatic N) is 2.